The predicted octanol–water partition coefficient (Wildman–Crippen LogP) is 10.1. The molecule has 0 spiro atoms. The Labute approximate surface area is 241 Å². The molecule has 2 aromatic heterocycles. The number of hydrogen-bond acceptors (Lipinski definition) is 4. The van der Waals surface area contributed by atoms with Crippen LogP contribution in [0.4, 0.5) is 0 Å². The molecule has 0 aliphatic rings. The van der Waals surface area contributed by atoms with Gasteiger partial charge >= 0.3 is 0 Å². The fourth-order valence-electron chi connectivity index (χ4n) is 5.42. The normalized spacial score (nSPS) is 11.4. The Balaban J connectivity index is 1.28. The van der Waals surface area contributed by atoms with E-state index in [2.05, 4.69) is 109 Å². The summed E-state index contributed by atoms with van der Waals surface area (Å²) >= 11 is 1.80. The van der Waals surface area contributed by atoms with Crippen molar-refractivity contribution in [2.45, 2.75) is 0 Å². The number of rotatable bonds is 4. The third-order valence-electron chi connectivity index (χ3n) is 7.51. The zero-order chi connectivity index (χ0) is 27.2. The first kappa shape index (κ1) is 23.7. The molecule has 0 N–H and O–H groups in total. The van der Waals surface area contributed by atoms with E-state index in [0.717, 1.165) is 22.3 Å². The molecule has 0 aliphatic heterocycles. The molecule has 0 amide bonds. The summed E-state index contributed by atoms with van der Waals surface area (Å²) in [6.07, 6.45) is 0. The summed E-state index contributed by atoms with van der Waals surface area (Å²) in [7, 11) is 0. The average Bonchev–Trinajstić information content (AvgIpc) is 3.43. The van der Waals surface area contributed by atoms with E-state index in [1.54, 1.807) is 11.3 Å². The highest BCUT2D eigenvalue weighted by Crippen LogP contribution is 2.36. The number of fused-ring (bicyclic) bond motifs is 4. The average molecular weight is 542 g/mol. The Morgan fingerprint density at radius 2 is 0.927 bits per heavy atom. The quantitative estimate of drug-likeness (QED) is 0.222. The Bertz CT molecular complexity index is 2220. The van der Waals surface area contributed by atoms with Gasteiger partial charge in [0.05, 0.1) is 0 Å². The van der Waals surface area contributed by atoms with Crippen LogP contribution in [0.2, 0.25) is 0 Å². The fourth-order valence-corrected chi connectivity index (χ4v) is 6.57. The van der Waals surface area contributed by atoms with Crippen molar-refractivity contribution < 1.29 is 0 Å². The van der Waals surface area contributed by atoms with Gasteiger partial charge in [-0.15, -0.1) is 11.3 Å². The zero-order valence-corrected chi connectivity index (χ0v) is 22.8. The second kappa shape index (κ2) is 9.77. The Kier molecular flexibility index (Phi) is 5.64. The van der Waals surface area contributed by atoms with Gasteiger partial charge in [0.2, 0.25) is 0 Å². The molecule has 8 rings (SSSR count). The van der Waals surface area contributed by atoms with Crippen LogP contribution in [-0.2, 0) is 0 Å². The van der Waals surface area contributed by atoms with Crippen LogP contribution in [0.1, 0.15) is 0 Å². The minimum Gasteiger partial charge on any atom is -0.208 e. The Morgan fingerprint density at radius 1 is 0.341 bits per heavy atom. The zero-order valence-electron chi connectivity index (χ0n) is 22.0. The van der Waals surface area contributed by atoms with E-state index in [4.69, 9.17) is 15.0 Å². The summed E-state index contributed by atoms with van der Waals surface area (Å²) in [5, 5.41) is 5.00. The molecule has 0 saturated heterocycles. The summed E-state index contributed by atoms with van der Waals surface area (Å²) in [4.78, 5) is 14.9. The molecule has 0 aliphatic carbocycles. The maximum absolute atomic E-state index is 5.03. The molecule has 192 valence electrons. The first-order valence-electron chi connectivity index (χ1n) is 13.6. The minimum atomic E-state index is 0.660. The third-order valence-corrected chi connectivity index (χ3v) is 8.64. The lowest BCUT2D eigenvalue weighted by Gasteiger charge is -2.10. The van der Waals surface area contributed by atoms with Crippen LogP contribution in [0.25, 0.3) is 76.2 Å². The van der Waals surface area contributed by atoms with E-state index in [-0.39, 0.29) is 0 Å². The lowest BCUT2D eigenvalue weighted by Crippen LogP contribution is -2.00. The molecule has 0 unspecified atom stereocenters. The van der Waals surface area contributed by atoms with Crippen LogP contribution >= 0.6 is 11.3 Å². The van der Waals surface area contributed by atoms with E-state index in [1.807, 2.05) is 30.3 Å². The van der Waals surface area contributed by atoms with Crippen molar-refractivity contribution in [2.24, 2.45) is 0 Å². The van der Waals surface area contributed by atoms with Crippen LogP contribution in [0, 0.1) is 0 Å². The third kappa shape index (κ3) is 4.35. The van der Waals surface area contributed by atoms with Gasteiger partial charge in [-0.05, 0) is 46.2 Å². The summed E-state index contributed by atoms with van der Waals surface area (Å²) in [6, 6.07) is 48.7. The highest BCUT2D eigenvalue weighted by Gasteiger charge is 2.14. The molecule has 8 aromatic rings. The van der Waals surface area contributed by atoms with Crippen LogP contribution in [0.5, 0.6) is 0 Å². The molecule has 2 heterocycles. The first-order valence-corrected chi connectivity index (χ1v) is 14.4. The van der Waals surface area contributed by atoms with Gasteiger partial charge in [0.1, 0.15) is 0 Å². The molecule has 0 saturated carbocycles. The number of benzene rings is 6. The SMILES string of the molecule is c1ccc(-c2nc(-c3cccc(-c4ccc5ccccc5c4)c3)nc(-c3ccc4c(c3)sc3ccccc34)n2)cc1. The number of aromatic nitrogens is 3. The highest BCUT2D eigenvalue weighted by atomic mass is 32.1. The van der Waals surface area contributed by atoms with Crippen molar-refractivity contribution in [3.8, 4) is 45.3 Å². The summed E-state index contributed by atoms with van der Waals surface area (Å²) in [5.41, 5.74) is 5.20. The molecule has 0 fully saturated rings. The van der Waals surface area contributed by atoms with Crippen molar-refractivity contribution in [3.63, 3.8) is 0 Å². The van der Waals surface area contributed by atoms with Gasteiger partial charge in [0.15, 0.2) is 17.5 Å². The van der Waals surface area contributed by atoms with Crippen molar-refractivity contribution in [1.82, 2.24) is 15.0 Å². The van der Waals surface area contributed by atoms with Gasteiger partial charge in [-0.3, -0.25) is 0 Å². The van der Waals surface area contributed by atoms with E-state index >= 15 is 0 Å². The van der Waals surface area contributed by atoms with Crippen molar-refractivity contribution >= 4 is 42.3 Å². The highest BCUT2D eigenvalue weighted by molar-refractivity contribution is 7.25. The maximum atomic E-state index is 5.03. The van der Waals surface area contributed by atoms with Gasteiger partial charge in [0.25, 0.3) is 0 Å². The van der Waals surface area contributed by atoms with E-state index in [9.17, 15) is 0 Å². The molecular formula is C37H23N3S. The van der Waals surface area contributed by atoms with E-state index < -0.39 is 0 Å². The molecule has 4 heteroatoms. The molecule has 0 bridgehead atoms. The van der Waals surface area contributed by atoms with Crippen molar-refractivity contribution in [2.75, 3.05) is 0 Å². The molecule has 41 heavy (non-hydrogen) atoms. The molecular weight excluding hydrogens is 518 g/mol. The Hall–Kier alpha value is -5.19. The molecule has 6 aromatic carbocycles. The first-order chi connectivity index (χ1) is 20.3. The lowest BCUT2D eigenvalue weighted by atomic mass is 9.99. The van der Waals surface area contributed by atoms with Gasteiger partial charge < -0.3 is 0 Å². The summed E-state index contributed by atoms with van der Waals surface area (Å²) < 4.78 is 2.51. The maximum Gasteiger partial charge on any atom is 0.164 e. The summed E-state index contributed by atoms with van der Waals surface area (Å²) in [5.74, 6) is 2.00. The molecule has 3 nitrogen and oxygen atoms in total. The van der Waals surface area contributed by atoms with Gasteiger partial charge in [-0.1, -0.05) is 115 Å². The van der Waals surface area contributed by atoms with E-state index in [1.165, 1.54) is 36.5 Å². The van der Waals surface area contributed by atoms with Crippen LogP contribution in [0.3, 0.4) is 0 Å². The molecule has 0 atom stereocenters. The predicted molar refractivity (Wildman–Crippen MR) is 172 cm³/mol. The topological polar surface area (TPSA) is 38.7 Å². The van der Waals surface area contributed by atoms with E-state index in [0.29, 0.717) is 17.5 Å². The number of hydrogen-bond donors (Lipinski definition) is 0. The van der Waals surface area contributed by atoms with Crippen LogP contribution < -0.4 is 0 Å². The second-order valence-corrected chi connectivity index (χ2v) is 11.2. The largest absolute Gasteiger partial charge is 0.208 e. The van der Waals surface area contributed by atoms with Gasteiger partial charge in [-0.25, -0.2) is 15.0 Å². The number of nitrogens with zero attached hydrogens (tertiary/aromatic N) is 3. The minimum absolute atomic E-state index is 0.660. The number of thiophene rings is 1. The van der Waals surface area contributed by atoms with Crippen molar-refractivity contribution in [1.29, 1.82) is 0 Å². The van der Waals surface area contributed by atoms with Gasteiger partial charge in [0, 0.05) is 36.9 Å². The standard InChI is InChI=1S/C37H23N3S/c1-2-10-25(11-3-1)35-38-36(29-14-8-13-27(22-29)28-18-17-24-9-4-5-12-26(24)21-28)40-37(39-35)30-19-20-32-31-15-6-7-16-33(31)41-34(32)23-30/h1-23H. The lowest BCUT2D eigenvalue weighted by molar-refractivity contribution is 1.07. The Morgan fingerprint density at radius 3 is 1.78 bits per heavy atom. The summed E-state index contributed by atoms with van der Waals surface area (Å²) in [6.45, 7) is 0. The molecule has 0 radical (unpaired) electrons. The monoisotopic (exact) mass is 541 g/mol. The van der Waals surface area contributed by atoms with Crippen LogP contribution in [-0.4, -0.2) is 15.0 Å². The van der Waals surface area contributed by atoms with Crippen molar-refractivity contribution in [3.05, 3.63) is 140 Å². The fraction of sp³-hybridized carbons (Fsp3) is 0. The smallest absolute Gasteiger partial charge is 0.164 e. The second-order valence-electron chi connectivity index (χ2n) is 10.1. The van der Waals surface area contributed by atoms with Crippen LogP contribution in [0.15, 0.2) is 140 Å². The van der Waals surface area contributed by atoms with Gasteiger partial charge in [-0.2, -0.15) is 0 Å².